The number of hydrogen-bond donors (Lipinski definition) is 1. The molecule has 29 heavy (non-hydrogen) atoms. The molecule has 0 saturated carbocycles. The minimum atomic E-state index is -4.75. The van der Waals surface area contributed by atoms with E-state index in [1.54, 1.807) is 11.1 Å². The molecule has 0 radical (unpaired) electrons. The number of nitrogens with one attached hydrogen (secondary N) is 1. The molecule has 0 unspecified atom stereocenters. The molecular formula is C21H20F3N3O2. The summed E-state index contributed by atoms with van der Waals surface area (Å²) in [6.45, 7) is 3.23. The van der Waals surface area contributed by atoms with Gasteiger partial charge in [0.05, 0.1) is 0 Å². The molecule has 0 aliphatic carbocycles. The van der Waals surface area contributed by atoms with Crippen molar-refractivity contribution in [2.45, 2.75) is 32.0 Å². The fourth-order valence-corrected chi connectivity index (χ4v) is 4.05. The summed E-state index contributed by atoms with van der Waals surface area (Å²) in [4.78, 5) is 22.2. The van der Waals surface area contributed by atoms with Gasteiger partial charge in [0.15, 0.2) is 0 Å². The number of halogens is 3. The van der Waals surface area contributed by atoms with E-state index in [1.807, 2.05) is 13.0 Å². The molecule has 0 bridgehead atoms. The molecule has 0 spiro atoms. The van der Waals surface area contributed by atoms with Crippen molar-refractivity contribution in [3.63, 3.8) is 0 Å². The highest BCUT2D eigenvalue weighted by atomic mass is 19.4. The fourth-order valence-electron chi connectivity index (χ4n) is 4.05. The summed E-state index contributed by atoms with van der Waals surface area (Å²) in [5.74, 6) is -0.185. The number of ether oxygens (including phenoxy) is 1. The Kier molecular flexibility index (Phi) is 4.94. The van der Waals surface area contributed by atoms with Gasteiger partial charge < -0.3 is 14.6 Å². The van der Waals surface area contributed by atoms with Crippen molar-refractivity contribution >= 4 is 16.9 Å². The maximum atomic E-state index is 12.7. The highest BCUT2D eigenvalue weighted by molar-refractivity contribution is 5.94. The number of carbonyl (C=O) groups is 1. The molecule has 0 atom stereocenters. The number of carbonyl (C=O) groups excluding carboxylic acids is 1. The Hall–Kier alpha value is -3.03. The monoisotopic (exact) mass is 403 g/mol. The van der Waals surface area contributed by atoms with Gasteiger partial charge in [0.1, 0.15) is 11.4 Å². The number of nitrogens with zero attached hydrogens (tertiary/aromatic N) is 2. The van der Waals surface area contributed by atoms with Crippen LogP contribution < -0.4 is 4.74 Å². The second-order valence-electron chi connectivity index (χ2n) is 7.20. The van der Waals surface area contributed by atoms with Crippen molar-refractivity contribution < 1.29 is 22.7 Å². The van der Waals surface area contributed by atoms with Gasteiger partial charge >= 0.3 is 6.36 Å². The van der Waals surface area contributed by atoms with Crippen LogP contribution in [0.4, 0.5) is 13.2 Å². The summed E-state index contributed by atoms with van der Waals surface area (Å²) in [5, 5.41) is 1.12. The van der Waals surface area contributed by atoms with E-state index in [0.717, 1.165) is 41.7 Å². The van der Waals surface area contributed by atoms with Gasteiger partial charge in [0, 0.05) is 35.9 Å². The normalized spacial score (nSPS) is 15.7. The van der Waals surface area contributed by atoms with Crippen molar-refractivity contribution in [2.24, 2.45) is 0 Å². The van der Waals surface area contributed by atoms with Crippen molar-refractivity contribution in [3.05, 3.63) is 59.4 Å². The minimum Gasteiger partial charge on any atom is -0.406 e. The van der Waals surface area contributed by atoms with Crippen LogP contribution in [0.2, 0.25) is 0 Å². The number of rotatable bonds is 3. The number of aromatic nitrogens is 2. The predicted octanol–water partition coefficient (Wildman–Crippen LogP) is 4.79. The molecule has 4 rings (SSSR count). The fraction of sp³-hybridized carbons (Fsp3) is 0.333. The highest BCUT2D eigenvalue weighted by Crippen LogP contribution is 2.35. The van der Waals surface area contributed by atoms with Gasteiger partial charge in [-0.15, -0.1) is 13.2 Å². The molecule has 3 aromatic rings. The standard InChI is InChI=1S/C21H20F3N3O2/c1-13-18(17-3-2-10-25-19(17)26-13)14-8-11-27(12-9-14)20(28)15-4-6-16(7-5-15)29-21(22,23)24/h2-7,10,14H,8-9,11-12H2,1H3,(H,25,26). The molecule has 1 aromatic carbocycles. The van der Waals surface area contributed by atoms with Gasteiger partial charge in [-0.3, -0.25) is 4.79 Å². The van der Waals surface area contributed by atoms with Gasteiger partial charge in [-0.25, -0.2) is 4.98 Å². The number of fused-ring (bicyclic) bond motifs is 1. The molecule has 1 aliphatic rings. The van der Waals surface area contributed by atoms with Crippen molar-refractivity contribution in [1.29, 1.82) is 0 Å². The second kappa shape index (κ2) is 7.42. The van der Waals surface area contributed by atoms with E-state index in [-0.39, 0.29) is 11.7 Å². The lowest BCUT2D eigenvalue weighted by atomic mass is 9.87. The molecule has 1 N–H and O–H groups in total. The lowest BCUT2D eigenvalue weighted by Crippen LogP contribution is -2.38. The zero-order valence-corrected chi connectivity index (χ0v) is 15.8. The zero-order valence-electron chi connectivity index (χ0n) is 15.8. The Bertz CT molecular complexity index is 1020. The number of hydrogen-bond acceptors (Lipinski definition) is 3. The molecule has 8 heteroatoms. The summed E-state index contributed by atoms with van der Waals surface area (Å²) in [6.07, 6.45) is -1.34. The number of piperidine rings is 1. The van der Waals surface area contributed by atoms with Gasteiger partial charge in [-0.2, -0.15) is 0 Å². The number of benzene rings is 1. The minimum absolute atomic E-state index is 0.181. The van der Waals surface area contributed by atoms with Gasteiger partial charge in [0.2, 0.25) is 0 Å². The van der Waals surface area contributed by atoms with E-state index < -0.39 is 6.36 Å². The molecule has 1 fully saturated rings. The number of likely N-dealkylation sites (tertiary alicyclic amines) is 1. The summed E-state index contributed by atoms with van der Waals surface area (Å²) in [5.41, 5.74) is 3.59. The van der Waals surface area contributed by atoms with Crippen molar-refractivity contribution in [2.75, 3.05) is 13.1 Å². The summed E-state index contributed by atoms with van der Waals surface area (Å²) in [6, 6.07) is 9.04. The average Bonchev–Trinajstić information content (AvgIpc) is 3.02. The maximum Gasteiger partial charge on any atom is 0.573 e. The third kappa shape index (κ3) is 4.06. The Labute approximate surface area is 165 Å². The molecule has 1 aliphatic heterocycles. The first-order chi connectivity index (χ1) is 13.8. The average molecular weight is 403 g/mol. The Morgan fingerprint density at radius 2 is 1.86 bits per heavy atom. The molecule has 2 aromatic heterocycles. The molecule has 3 heterocycles. The first-order valence-corrected chi connectivity index (χ1v) is 9.40. The summed E-state index contributed by atoms with van der Waals surface area (Å²) in [7, 11) is 0. The van der Waals surface area contributed by atoms with E-state index in [4.69, 9.17) is 0 Å². The SMILES string of the molecule is Cc1[nH]c2ncccc2c1C1CCN(C(=O)c2ccc(OC(F)(F)F)cc2)CC1. The first kappa shape index (κ1) is 19.3. The Morgan fingerprint density at radius 1 is 1.17 bits per heavy atom. The second-order valence-corrected chi connectivity index (χ2v) is 7.20. The molecular weight excluding hydrogens is 383 g/mol. The van der Waals surface area contributed by atoms with Crippen LogP contribution in [0.5, 0.6) is 5.75 Å². The lowest BCUT2D eigenvalue weighted by molar-refractivity contribution is -0.274. The van der Waals surface area contributed by atoms with E-state index >= 15 is 0 Å². The Morgan fingerprint density at radius 3 is 2.52 bits per heavy atom. The van der Waals surface area contributed by atoms with Gasteiger partial charge in [0.25, 0.3) is 5.91 Å². The van der Waals surface area contributed by atoms with Crippen LogP contribution in [0.1, 0.15) is 40.4 Å². The smallest absolute Gasteiger partial charge is 0.406 e. The predicted molar refractivity (Wildman–Crippen MR) is 102 cm³/mol. The van der Waals surface area contributed by atoms with E-state index in [1.165, 1.54) is 17.7 Å². The number of H-pyrrole nitrogens is 1. The van der Waals surface area contributed by atoms with Gasteiger partial charge in [-0.05, 0) is 67.6 Å². The van der Waals surface area contributed by atoms with E-state index in [9.17, 15) is 18.0 Å². The number of amides is 1. The lowest BCUT2D eigenvalue weighted by Gasteiger charge is -2.32. The largest absolute Gasteiger partial charge is 0.573 e. The van der Waals surface area contributed by atoms with Crippen LogP contribution >= 0.6 is 0 Å². The highest BCUT2D eigenvalue weighted by Gasteiger charge is 2.31. The van der Waals surface area contributed by atoms with E-state index in [2.05, 4.69) is 20.8 Å². The summed E-state index contributed by atoms with van der Waals surface area (Å²) >= 11 is 0. The van der Waals surface area contributed by atoms with Crippen molar-refractivity contribution in [1.82, 2.24) is 14.9 Å². The van der Waals surface area contributed by atoms with Crippen LogP contribution in [0.25, 0.3) is 11.0 Å². The zero-order chi connectivity index (χ0) is 20.6. The molecule has 1 saturated heterocycles. The van der Waals surface area contributed by atoms with Crippen LogP contribution in [0.15, 0.2) is 42.6 Å². The maximum absolute atomic E-state index is 12.7. The van der Waals surface area contributed by atoms with Crippen LogP contribution in [-0.4, -0.2) is 40.2 Å². The number of alkyl halides is 3. The number of aryl methyl sites for hydroxylation is 1. The topological polar surface area (TPSA) is 58.2 Å². The molecule has 5 nitrogen and oxygen atoms in total. The van der Waals surface area contributed by atoms with Crippen molar-refractivity contribution in [3.8, 4) is 5.75 Å². The quantitative estimate of drug-likeness (QED) is 0.684. The van der Waals surface area contributed by atoms with Crippen LogP contribution in [0.3, 0.4) is 0 Å². The molecule has 1 amide bonds. The Balaban J connectivity index is 1.43. The van der Waals surface area contributed by atoms with E-state index in [0.29, 0.717) is 24.6 Å². The van der Waals surface area contributed by atoms with Gasteiger partial charge in [-0.1, -0.05) is 0 Å². The number of aromatic amines is 1. The summed E-state index contributed by atoms with van der Waals surface area (Å²) < 4.78 is 40.7. The third-order valence-corrected chi connectivity index (χ3v) is 5.33. The van der Waals surface area contributed by atoms with Crippen LogP contribution in [-0.2, 0) is 0 Å². The third-order valence-electron chi connectivity index (χ3n) is 5.33. The molecule has 152 valence electrons. The first-order valence-electron chi connectivity index (χ1n) is 9.40. The number of pyridine rings is 1. The van der Waals surface area contributed by atoms with Crippen LogP contribution in [0, 0.1) is 6.92 Å².